The first-order chi connectivity index (χ1) is 7.69. The van der Waals surface area contributed by atoms with E-state index in [4.69, 9.17) is 22.2 Å². The molecule has 0 heterocycles. The summed E-state index contributed by atoms with van der Waals surface area (Å²) in [5, 5.41) is 0.474. The second-order valence-electron chi connectivity index (χ2n) is 3.32. The normalized spacial score (nSPS) is 9.94. The van der Waals surface area contributed by atoms with Gasteiger partial charge in [0.15, 0.2) is 0 Å². The monoisotopic (exact) mass is 242 g/mol. The molecule has 4 nitrogen and oxygen atoms in total. The van der Waals surface area contributed by atoms with Gasteiger partial charge in [0, 0.05) is 5.02 Å². The van der Waals surface area contributed by atoms with E-state index in [9.17, 15) is 4.79 Å². The fraction of sp³-hybridized carbons (Fsp3) is 0.364. The van der Waals surface area contributed by atoms with Gasteiger partial charge in [-0.25, -0.2) is 5.84 Å². The Bertz CT molecular complexity index is 369. The van der Waals surface area contributed by atoms with E-state index < -0.39 is 5.91 Å². The van der Waals surface area contributed by atoms with Gasteiger partial charge in [-0.05, 0) is 24.6 Å². The van der Waals surface area contributed by atoms with Crippen LogP contribution in [0.4, 0.5) is 0 Å². The van der Waals surface area contributed by atoms with Gasteiger partial charge in [-0.3, -0.25) is 10.2 Å². The fourth-order valence-corrected chi connectivity index (χ4v) is 1.38. The van der Waals surface area contributed by atoms with Gasteiger partial charge in [-0.1, -0.05) is 24.9 Å². The van der Waals surface area contributed by atoms with Crippen LogP contribution in [-0.2, 0) is 0 Å². The van der Waals surface area contributed by atoms with E-state index in [-0.39, 0.29) is 0 Å². The first-order valence-electron chi connectivity index (χ1n) is 5.12. The Hall–Kier alpha value is -1.26. The number of rotatable bonds is 5. The van der Waals surface area contributed by atoms with Crippen molar-refractivity contribution in [3.8, 4) is 5.75 Å². The average molecular weight is 243 g/mol. The van der Waals surface area contributed by atoms with E-state index in [1.807, 2.05) is 0 Å². The lowest BCUT2D eigenvalue weighted by Crippen LogP contribution is -2.30. The second kappa shape index (κ2) is 6.35. The number of benzene rings is 1. The zero-order valence-electron chi connectivity index (χ0n) is 9.13. The molecule has 5 heteroatoms. The number of carbonyl (C=O) groups excluding carboxylic acids is 1. The van der Waals surface area contributed by atoms with Gasteiger partial charge in [0.1, 0.15) is 5.75 Å². The molecule has 0 aliphatic rings. The number of carbonyl (C=O) groups is 1. The maximum absolute atomic E-state index is 11.4. The van der Waals surface area contributed by atoms with E-state index >= 15 is 0 Å². The highest BCUT2D eigenvalue weighted by molar-refractivity contribution is 6.31. The largest absolute Gasteiger partial charge is 0.493 e. The predicted molar refractivity (Wildman–Crippen MR) is 63.5 cm³/mol. The molecule has 0 aromatic heterocycles. The highest BCUT2D eigenvalue weighted by Crippen LogP contribution is 2.23. The van der Waals surface area contributed by atoms with Crippen molar-refractivity contribution in [2.45, 2.75) is 19.8 Å². The zero-order chi connectivity index (χ0) is 12.0. The third-order valence-electron chi connectivity index (χ3n) is 2.07. The minimum absolute atomic E-state index is 0.353. The van der Waals surface area contributed by atoms with Crippen LogP contribution < -0.4 is 16.0 Å². The van der Waals surface area contributed by atoms with Crippen LogP contribution in [0.2, 0.25) is 5.02 Å². The standard InChI is InChI=1S/C11H15ClN2O2/c1-2-3-6-16-10-5-4-8(12)7-9(10)11(15)14-13/h4-5,7H,2-3,6,13H2,1H3,(H,14,15). The molecule has 0 atom stereocenters. The molecule has 0 aliphatic heterocycles. The van der Waals surface area contributed by atoms with Gasteiger partial charge in [0.2, 0.25) is 0 Å². The Morgan fingerprint density at radius 2 is 2.31 bits per heavy atom. The highest BCUT2D eigenvalue weighted by Gasteiger charge is 2.11. The molecule has 0 fully saturated rings. The van der Waals surface area contributed by atoms with Crippen molar-refractivity contribution in [3.05, 3.63) is 28.8 Å². The summed E-state index contributed by atoms with van der Waals surface area (Å²) in [7, 11) is 0. The van der Waals surface area contributed by atoms with Crippen LogP contribution >= 0.6 is 11.6 Å². The summed E-state index contributed by atoms with van der Waals surface area (Å²) in [5.41, 5.74) is 2.41. The van der Waals surface area contributed by atoms with E-state index in [2.05, 4.69) is 12.3 Å². The number of nitrogens with one attached hydrogen (secondary N) is 1. The zero-order valence-corrected chi connectivity index (χ0v) is 9.88. The van der Waals surface area contributed by atoms with E-state index in [1.165, 1.54) is 6.07 Å². The van der Waals surface area contributed by atoms with Crippen LogP contribution in [0.1, 0.15) is 30.1 Å². The number of nitrogens with two attached hydrogens (primary N) is 1. The quantitative estimate of drug-likeness (QED) is 0.360. The Balaban J connectivity index is 2.85. The number of halogens is 1. The molecule has 1 rings (SSSR count). The topological polar surface area (TPSA) is 64.3 Å². The molecule has 0 unspecified atom stereocenters. The Kier molecular flexibility index (Phi) is 5.08. The van der Waals surface area contributed by atoms with Crippen LogP contribution in [-0.4, -0.2) is 12.5 Å². The third kappa shape index (κ3) is 3.40. The third-order valence-corrected chi connectivity index (χ3v) is 2.31. The summed E-state index contributed by atoms with van der Waals surface area (Å²) in [6.45, 7) is 2.64. The van der Waals surface area contributed by atoms with E-state index in [1.54, 1.807) is 12.1 Å². The first kappa shape index (κ1) is 12.8. The Labute approximate surface area is 99.7 Å². The van der Waals surface area contributed by atoms with Gasteiger partial charge < -0.3 is 4.74 Å². The summed E-state index contributed by atoms with van der Waals surface area (Å²) < 4.78 is 5.48. The van der Waals surface area contributed by atoms with Gasteiger partial charge in [-0.2, -0.15) is 0 Å². The SMILES string of the molecule is CCCCOc1ccc(Cl)cc1C(=O)NN. The molecule has 1 amide bonds. The van der Waals surface area contributed by atoms with Gasteiger partial charge in [0.05, 0.1) is 12.2 Å². The van der Waals surface area contributed by atoms with Crippen LogP contribution in [0.25, 0.3) is 0 Å². The lowest BCUT2D eigenvalue weighted by atomic mass is 10.2. The highest BCUT2D eigenvalue weighted by atomic mass is 35.5. The predicted octanol–water partition coefficient (Wildman–Crippen LogP) is 2.12. The molecule has 0 aliphatic carbocycles. The average Bonchev–Trinajstić information content (AvgIpc) is 2.30. The molecule has 0 radical (unpaired) electrons. The summed E-state index contributed by atoms with van der Waals surface area (Å²) in [4.78, 5) is 11.4. The summed E-state index contributed by atoms with van der Waals surface area (Å²) >= 11 is 5.80. The number of nitrogen functional groups attached to an aromatic ring is 1. The molecule has 88 valence electrons. The van der Waals surface area contributed by atoms with Gasteiger partial charge in [-0.15, -0.1) is 0 Å². The second-order valence-corrected chi connectivity index (χ2v) is 3.75. The molecule has 1 aromatic rings. The number of ether oxygens (including phenoxy) is 1. The molecule has 0 saturated carbocycles. The van der Waals surface area contributed by atoms with Crippen LogP contribution in [0.15, 0.2) is 18.2 Å². The maximum Gasteiger partial charge on any atom is 0.268 e. The smallest absolute Gasteiger partial charge is 0.268 e. The van der Waals surface area contributed by atoms with Crippen LogP contribution in [0.3, 0.4) is 0 Å². The lowest BCUT2D eigenvalue weighted by Gasteiger charge is -2.10. The number of hydrazine groups is 1. The number of unbranched alkanes of at least 4 members (excludes halogenated alkanes) is 1. The molecule has 0 spiro atoms. The van der Waals surface area contributed by atoms with Gasteiger partial charge in [0.25, 0.3) is 5.91 Å². The summed E-state index contributed by atoms with van der Waals surface area (Å²) in [6.07, 6.45) is 1.97. The number of hydrogen-bond donors (Lipinski definition) is 2. The minimum Gasteiger partial charge on any atom is -0.493 e. The van der Waals surface area contributed by atoms with Crippen molar-refractivity contribution in [2.75, 3.05) is 6.61 Å². The first-order valence-corrected chi connectivity index (χ1v) is 5.50. The molecule has 0 saturated heterocycles. The van der Waals surface area contributed by atoms with Crippen molar-refractivity contribution >= 4 is 17.5 Å². The van der Waals surface area contributed by atoms with Crippen molar-refractivity contribution in [1.82, 2.24) is 5.43 Å². The van der Waals surface area contributed by atoms with Crippen molar-refractivity contribution in [1.29, 1.82) is 0 Å². The number of amides is 1. The molecular weight excluding hydrogens is 228 g/mol. The van der Waals surface area contributed by atoms with E-state index in [0.717, 1.165) is 12.8 Å². The van der Waals surface area contributed by atoms with Crippen molar-refractivity contribution < 1.29 is 9.53 Å². The van der Waals surface area contributed by atoms with E-state index in [0.29, 0.717) is 22.9 Å². The molecule has 1 aromatic carbocycles. The molecule has 16 heavy (non-hydrogen) atoms. The summed E-state index contributed by atoms with van der Waals surface area (Å²) in [6, 6.07) is 4.88. The van der Waals surface area contributed by atoms with Crippen LogP contribution in [0, 0.1) is 0 Å². The summed E-state index contributed by atoms with van der Waals surface area (Å²) in [5.74, 6) is 5.17. The fourth-order valence-electron chi connectivity index (χ4n) is 1.21. The molecular formula is C11H15ClN2O2. The lowest BCUT2D eigenvalue weighted by molar-refractivity contribution is 0.0949. The van der Waals surface area contributed by atoms with Crippen LogP contribution in [0.5, 0.6) is 5.75 Å². The minimum atomic E-state index is -0.408. The van der Waals surface area contributed by atoms with Gasteiger partial charge >= 0.3 is 0 Å². The Morgan fingerprint density at radius 3 is 2.94 bits per heavy atom. The maximum atomic E-state index is 11.4. The van der Waals surface area contributed by atoms with Crippen molar-refractivity contribution in [2.24, 2.45) is 5.84 Å². The Morgan fingerprint density at radius 1 is 1.56 bits per heavy atom. The molecule has 0 bridgehead atoms. The molecule has 3 N–H and O–H groups in total. The van der Waals surface area contributed by atoms with Crippen molar-refractivity contribution in [3.63, 3.8) is 0 Å². The number of hydrogen-bond acceptors (Lipinski definition) is 3.